The van der Waals surface area contributed by atoms with Gasteiger partial charge < -0.3 is 10.4 Å². The van der Waals surface area contributed by atoms with E-state index in [1.54, 1.807) is 0 Å². The lowest BCUT2D eigenvalue weighted by molar-refractivity contribution is 0.156. The zero-order chi connectivity index (χ0) is 13.4. The van der Waals surface area contributed by atoms with Crippen LogP contribution in [0.25, 0.3) is 0 Å². The van der Waals surface area contributed by atoms with E-state index in [-0.39, 0.29) is 0 Å². The van der Waals surface area contributed by atoms with E-state index in [1.807, 2.05) is 0 Å². The van der Waals surface area contributed by atoms with Gasteiger partial charge in [-0.15, -0.1) is 0 Å². The van der Waals surface area contributed by atoms with Gasteiger partial charge in [-0.25, -0.2) is 0 Å². The summed E-state index contributed by atoms with van der Waals surface area (Å²) in [4.78, 5) is 2.62. The standard InChI is InChI=1S/C14H18I2N2O/c15-11-7-10(8-12(16)14(11)19)13(9-1-2-9)18-5-3-17-4-6-18/h7-9,13,17,19H,1-6H2/t13-/m1/s1. The summed E-state index contributed by atoms with van der Waals surface area (Å²) in [6.07, 6.45) is 2.70. The normalized spacial score (nSPS) is 22.4. The lowest BCUT2D eigenvalue weighted by Crippen LogP contribution is -2.45. The molecule has 0 aromatic heterocycles. The molecule has 0 radical (unpaired) electrons. The molecule has 2 N–H and O–H groups in total. The molecule has 1 aromatic carbocycles. The molecule has 2 aliphatic rings. The van der Waals surface area contributed by atoms with Crippen molar-refractivity contribution in [2.45, 2.75) is 18.9 Å². The third-order valence-corrected chi connectivity index (χ3v) is 5.64. The number of halogens is 2. The summed E-state index contributed by atoms with van der Waals surface area (Å²) in [5.41, 5.74) is 1.39. The van der Waals surface area contributed by atoms with E-state index in [0.29, 0.717) is 11.8 Å². The first kappa shape index (κ1) is 14.3. The van der Waals surface area contributed by atoms with Crippen LogP contribution in [0.1, 0.15) is 24.4 Å². The van der Waals surface area contributed by atoms with Crippen molar-refractivity contribution in [2.75, 3.05) is 26.2 Å². The van der Waals surface area contributed by atoms with E-state index in [9.17, 15) is 5.11 Å². The predicted molar refractivity (Wildman–Crippen MR) is 93.4 cm³/mol. The zero-order valence-electron chi connectivity index (χ0n) is 10.7. The number of piperazine rings is 1. The second-order valence-corrected chi connectivity index (χ2v) is 7.73. The molecule has 0 unspecified atom stereocenters. The molecule has 1 aliphatic carbocycles. The summed E-state index contributed by atoms with van der Waals surface area (Å²) in [7, 11) is 0. The van der Waals surface area contributed by atoms with Crippen LogP contribution in [0.5, 0.6) is 5.75 Å². The Labute approximate surface area is 141 Å². The van der Waals surface area contributed by atoms with Gasteiger partial charge in [-0.2, -0.15) is 0 Å². The predicted octanol–water partition coefficient (Wildman–Crippen LogP) is 2.96. The summed E-state index contributed by atoms with van der Waals surface area (Å²) in [5, 5.41) is 13.4. The van der Waals surface area contributed by atoms with Gasteiger partial charge in [-0.05, 0) is 81.6 Å². The van der Waals surface area contributed by atoms with Crippen LogP contribution in [0.3, 0.4) is 0 Å². The fourth-order valence-corrected chi connectivity index (χ4v) is 4.73. The number of hydrogen-bond donors (Lipinski definition) is 2. The quantitative estimate of drug-likeness (QED) is 0.649. The number of nitrogens with one attached hydrogen (secondary N) is 1. The summed E-state index contributed by atoms with van der Waals surface area (Å²) < 4.78 is 1.94. The SMILES string of the molecule is Oc1c(I)cc([C@@H](C2CC2)N2CCNCC2)cc1I. The third-order valence-electron chi connectivity index (χ3n) is 3.99. The van der Waals surface area contributed by atoms with Crippen molar-refractivity contribution in [3.05, 3.63) is 24.8 Å². The molecule has 0 bridgehead atoms. The Bertz CT molecular complexity index is 448. The van der Waals surface area contributed by atoms with E-state index in [1.165, 1.54) is 18.4 Å². The maximum Gasteiger partial charge on any atom is 0.142 e. The van der Waals surface area contributed by atoms with Gasteiger partial charge in [0.25, 0.3) is 0 Å². The first-order valence-corrected chi connectivity index (χ1v) is 8.95. The van der Waals surface area contributed by atoms with Crippen molar-refractivity contribution in [3.63, 3.8) is 0 Å². The average Bonchev–Trinajstić information content (AvgIpc) is 3.22. The summed E-state index contributed by atoms with van der Waals surface area (Å²) in [6, 6.07) is 4.89. The van der Waals surface area contributed by atoms with Crippen LogP contribution in [-0.4, -0.2) is 36.2 Å². The Balaban J connectivity index is 1.91. The van der Waals surface area contributed by atoms with E-state index in [2.05, 4.69) is 67.5 Å². The molecule has 1 saturated carbocycles. The van der Waals surface area contributed by atoms with Gasteiger partial charge >= 0.3 is 0 Å². The lowest BCUT2D eigenvalue weighted by Gasteiger charge is -2.35. The van der Waals surface area contributed by atoms with Crippen LogP contribution in [0.2, 0.25) is 0 Å². The van der Waals surface area contributed by atoms with Crippen LogP contribution in [0.4, 0.5) is 0 Å². The minimum atomic E-state index is 0.430. The maximum atomic E-state index is 9.94. The van der Waals surface area contributed by atoms with Crippen LogP contribution < -0.4 is 5.32 Å². The second-order valence-electron chi connectivity index (χ2n) is 5.40. The molecule has 104 valence electrons. The Morgan fingerprint density at radius 1 is 1.16 bits per heavy atom. The van der Waals surface area contributed by atoms with Crippen molar-refractivity contribution in [1.82, 2.24) is 10.2 Å². The van der Waals surface area contributed by atoms with Gasteiger partial charge in [0.15, 0.2) is 0 Å². The molecular weight excluding hydrogens is 466 g/mol. The molecule has 1 atom stereocenters. The molecular formula is C14H18I2N2O. The molecule has 3 nitrogen and oxygen atoms in total. The summed E-state index contributed by atoms with van der Waals surface area (Å²) in [5.74, 6) is 1.24. The van der Waals surface area contributed by atoms with Gasteiger partial charge in [0.1, 0.15) is 5.75 Å². The first-order valence-electron chi connectivity index (χ1n) is 6.79. The lowest BCUT2D eigenvalue weighted by atomic mass is 9.99. The van der Waals surface area contributed by atoms with Crippen LogP contribution in [-0.2, 0) is 0 Å². The average molecular weight is 484 g/mol. The minimum Gasteiger partial charge on any atom is -0.506 e. The molecule has 3 rings (SSSR count). The highest BCUT2D eigenvalue weighted by Gasteiger charge is 2.37. The van der Waals surface area contributed by atoms with E-state index in [4.69, 9.17) is 0 Å². The van der Waals surface area contributed by atoms with Crippen molar-refractivity contribution < 1.29 is 5.11 Å². The Morgan fingerprint density at radius 3 is 2.26 bits per heavy atom. The van der Waals surface area contributed by atoms with Gasteiger partial charge in [-0.1, -0.05) is 0 Å². The van der Waals surface area contributed by atoms with Gasteiger partial charge in [0.2, 0.25) is 0 Å². The third kappa shape index (κ3) is 3.19. The number of benzene rings is 1. The number of hydrogen-bond acceptors (Lipinski definition) is 3. The first-order chi connectivity index (χ1) is 9.16. The van der Waals surface area contributed by atoms with Crippen molar-refractivity contribution in [1.29, 1.82) is 0 Å². The second kappa shape index (κ2) is 6.03. The fourth-order valence-electron chi connectivity index (χ4n) is 2.91. The van der Waals surface area contributed by atoms with E-state index in [0.717, 1.165) is 39.2 Å². The largest absolute Gasteiger partial charge is 0.506 e. The Kier molecular flexibility index (Phi) is 4.55. The molecule has 1 heterocycles. The molecule has 1 aliphatic heterocycles. The molecule has 5 heteroatoms. The van der Waals surface area contributed by atoms with Crippen LogP contribution in [0.15, 0.2) is 12.1 Å². The number of phenols is 1. The van der Waals surface area contributed by atoms with Crippen LogP contribution in [0, 0.1) is 13.1 Å². The molecule has 0 amide bonds. The van der Waals surface area contributed by atoms with Crippen LogP contribution >= 0.6 is 45.2 Å². The molecule has 1 saturated heterocycles. The van der Waals surface area contributed by atoms with Crippen molar-refractivity contribution in [3.8, 4) is 5.75 Å². The smallest absolute Gasteiger partial charge is 0.142 e. The van der Waals surface area contributed by atoms with Gasteiger partial charge in [-0.3, -0.25) is 4.90 Å². The molecule has 0 spiro atoms. The monoisotopic (exact) mass is 484 g/mol. The van der Waals surface area contributed by atoms with Gasteiger partial charge in [0, 0.05) is 32.2 Å². The molecule has 1 aromatic rings. The number of aromatic hydroxyl groups is 1. The summed E-state index contributed by atoms with van der Waals surface area (Å²) in [6.45, 7) is 4.45. The zero-order valence-corrected chi connectivity index (χ0v) is 15.0. The highest BCUT2D eigenvalue weighted by molar-refractivity contribution is 14.1. The number of rotatable bonds is 3. The highest BCUT2D eigenvalue weighted by Crippen LogP contribution is 2.46. The maximum absolute atomic E-state index is 9.94. The minimum absolute atomic E-state index is 0.430. The Morgan fingerprint density at radius 2 is 1.74 bits per heavy atom. The van der Waals surface area contributed by atoms with Crippen molar-refractivity contribution >= 4 is 45.2 Å². The molecule has 19 heavy (non-hydrogen) atoms. The molecule has 2 fully saturated rings. The number of phenolic OH excluding ortho intramolecular Hbond substituents is 1. The Hall–Kier alpha value is 0.400. The highest BCUT2D eigenvalue weighted by atomic mass is 127. The van der Waals surface area contributed by atoms with Crippen molar-refractivity contribution in [2.24, 2.45) is 5.92 Å². The topological polar surface area (TPSA) is 35.5 Å². The fraction of sp³-hybridized carbons (Fsp3) is 0.571. The summed E-state index contributed by atoms with van der Waals surface area (Å²) >= 11 is 4.48. The van der Waals surface area contributed by atoms with E-state index >= 15 is 0 Å². The number of nitrogens with zero attached hydrogens (tertiary/aromatic N) is 1. The van der Waals surface area contributed by atoms with E-state index < -0.39 is 0 Å². The van der Waals surface area contributed by atoms with Gasteiger partial charge in [0.05, 0.1) is 7.14 Å².